The number of nitrogens with zero attached hydrogens (tertiary/aromatic N) is 1. The van der Waals surface area contributed by atoms with Crippen molar-refractivity contribution >= 4 is 0 Å². The summed E-state index contributed by atoms with van der Waals surface area (Å²) in [4.78, 5) is 2.41. The Balaban J connectivity index is 2.80. The fourth-order valence-corrected chi connectivity index (χ4v) is 3.01. The Morgan fingerprint density at radius 2 is 2.07 bits per heavy atom. The summed E-state index contributed by atoms with van der Waals surface area (Å²) in [6, 6.07) is 0.828. The Labute approximate surface area is 93.6 Å². The third-order valence-corrected chi connectivity index (χ3v) is 3.38. The van der Waals surface area contributed by atoms with Crippen molar-refractivity contribution in [1.29, 1.82) is 0 Å². The molecule has 1 aliphatic heterocycles. The number of aliphatic hydroxyl groups is 1. The largest absolute Gasteiger partial charge is 0.395 e. The number of hydrogen-bond donors (Lipinski definition) is 2. The van der Waals surface area contributed by atoms with E-state index in [0.717, 1.165) is 13.0 Å². The maximum Gasteiger partial charge on any atom is 0.0587 e. The second-order valence-electron chi connectivity index (χ2n) is 5.89. The van der Waals surface area contributed by atoms with Gasteiger partial charge in [0.25, 0.3) is 0 Å². The van der Waals surface area contributed by atoms with Gasteiger partial charge in [0.15, 0.2) is 0 Å². The Morgan fingerprint density at radius 3 is 2.47 bits per heavy atom. The molecule has 1 fully saturated rings. The molecule has 3 unspecified atom stereocenters. The molecule has 3 N–H and O–H groups in total. The van der Waals surface area contributed by atoms with Crippen molar-refractivity contribution in [3.05, 3.63) is 0 Å². The predicted octanol–water partition coefficient (Wildman–Crippen LogP) is 1.20. The third kappa shape index (κ3) is 2.92. The van der Waals surface area contributed by atoms with Gasteiger partial charge < -0.3 is 10.8 Å². The van der Waals surface area contributed by atoms with Gasteiger partial charge in [-0.05, 0) is 31.7 Å². The molecule has 1 heterocycles. The molecule has 0 aromatic heterocycles. The molecule has 3 atom stereocenters. The van der Waals surface area contributed by atoms with Crippen LogP contribution in [0.3, 0.4) is 0 Å². The minimum absolute atomic E-state index is 0.150. The lowest BCUT2D eigenvalue weighted by atomic mass is 9.81. The second-order valence-corrected chi connectivity index (χ2v) is 5.89. The number of hydrogen-bond acceptors (Lipinski definition) is 3. The molecular weight excluding hydrogens is 188 g/mol. The van der Waals surface area contributed by atoms with Crippen molar-refractivity contribution in [3.63, 3.8) is 0 Å². The van der Waals surface area contributed by atoms with E-state index in [-0.39, 0.29) is 18.1 Å². The zero-order valence-corrected chi connectivity index (χ0v) is 10.5. The molecule has 1 aliphatic rings. The van der Waals surface area contributed by atoms with Crippen LogP contribution >= 0.6 is 0 Å². The Morgan fingerprint density at radius 1 is 1.47 bits per heavy atom. The van der Waals surface area contributed by atoms with Gasteiger partial charge >= 0.3 is 0 Å². The second kappa shape index (κ2) is 4.81. The lowest BCUT2D eigenvalue weighted by Crippen LogP contribution is -2.55. The van der Waals surface area contributed by atoms with Crippen molar-refractivity contribution in [2.75, 3.05) is 13.2 Å². The van der Waals surface area contributed by atoms with Crippen molar-refractivity contribution < 1.29 is 5.11 Å². The van der Waals surface area contributed by atoms with Gasteiger partial charge in [0.1, 0.15) is 0 Å². The molecule has 0 bridgehead atoms. The number of likely N-dealkylation sites (tertiary alicyclic amines) is 1. The van der Waals surface area contributed by atoms with E-state index in [1.165, 1.54) is 6.42 Å². The smallest absolute Gasteiger partial charge is 0.0587 e. The fourth-order valence-electron chi connectivity index (χ4n) is 3.01. The van der Waals surface area contributed by atoms with E-state index in [1.807, 2.05) is 0 Å². The van der Waals surface area contributed by atoms with E-state index in [2.05, 4.69) is 32.6 Å². The highest BCUT2D eigenvalue weighted by atomic mass is 16.3. The summed E-state index contributed by atoms with van der Waals surface area (Å²) in [5, 5.41) is 9.35. The van der Waals surface area contributed by atoms with E-state index in [9.17, 15) is 5.11 Å². The van der Waals surface area contributed by atoms with Crippen LogP contribution in [0.4, 0.5) is 0 Å². The first-order valence-electron chi connectivity index (χ1n) is 6.00. The molecule has 0 aromatic carbocycles. The first kappa shape index (κ1) is 12.9. The molecule has 3 nitrogen and oxygen atoms in total. The van der Waals surface area contributed by atoms with Crippen LogP contribution in [0.15, 0.2) is 0 Å². The molecule has 0 aromatic rings. The van der Waals surface area contributed by atoms with Gasteiger partial charge in [0.2, 0.25) is 0 Å². The number of rotatable bonds is 3. The highest BCUT2D eigenvalue weighted by Gasteiger charge is 2.38. The SMILES string of the molecule is CC(N)C(N1CCCC1CO)C(C)(C)C. The Hall–Kier alpha value is -0.120. The molecule has 0 radical (unpaired) electrons. The predicted molar refractivity (Wildman–Crippen MR) is 63.7 cm³/mol. The molecule has 0 saturated carbocycles. The van der Waals surface area contributed by atoms with Crippen LogP contribution in [0.1, 0.15) is 40.5 Å². The molecule has 0 aliphatic carbocycles. The molecule has 15 heavy (non-hydrogen) atoms. The molecule has 1 rings (SSSR count). The maximum absolute atomic E-state index is 9.35. The van der Waals surface area contributed by atoms with E-state index in [4.69, 9.17) is 5.73 Å². The zero-order valence-electron chi connectivity index (χ0n) is 10.5. The van der Waals surface area contributed by atoms with Crippen LogP contribution in [0, 0.1) is 5.41 Å². The summed E-state index contributed by atoms with van der Waals surface area (Å²) in [6.45, 7) is 10.1. The van der Waals surface area contributed by atoms with Gasteiger partial charge in [-0.1, -0.05) is 20.8 Å². The average molecular weight is 214 g/mol. The first-order valence-corrected chi connectivity index (χ1v) is 6.00. The van der Waals surface area contributed by atoms with Gasteiger partial charge in [0.05, 0.1) is 6.61 Å². The van der Waals surface area contributed by atoms with Gasteiger partial charge in [-0.3, -0.25) is 4.90 Å². The lowest BCUT2D eigenvalue weighted by molar-refractivity contribution is 0.0472. The van der Waals surface area contributed by atoms with E-state index >= 15 is 0 Å². The normalized spacial score (nSPS) is 28.0. The quantitative estimate of drug-likeness (QED) is 0.742. The molecule has 90 valence electrons. The standard InChI is InChI=1S/C12H26N2O/c1-9(13)11(12(2,3)4)14-7-5-6-10(14)8-15/h9-11,15H,5-8,13H2,1-4H3. The average Bonchev–Trinajstić information content (AvgIpc) is 2.48. The summed E-state index contributed by atoms with van der Waals surface area (Å²) >= 11 is 0. The number of aliphatic hydroxyl groups excluding tert-OH is 1. The summed E-state index contributed by atoms with van der Waals surface area (Å²) < 4.78 is 0. The van der Waals surface area contributed by atoms with Crippen LogP contribution in [0.5, 0.6) is 0 Å². The molecule has 0 amide bonds. The summed E-state index contributed by atoms with van der Waals surface area (Å²) in [7, 11) is 0. The minimum atomic E-state index is 0.150. The van der Waals surface area contributed by atoms with Crippen molar-refractivity contribution in [2.45, 2.75) is 58.7 Å². The van der Waals surface area contributed by atoms with Crippen LogP contribution in [-0.4, -0.2) is 41.3 Å². The minimum Gasteiger partial charge on any atom is -0.395 e. The van der Waals surface area contributed by atoms with E-state index in [0.29, 0.717) is 12.1 Å². The molecule has 1 saturated heterocycles. The van der Waals surface area contributed by atoms with Gasteiger partial charge in [-0.2, -0.15) is 0 Å². The van der Waals surface area contributed by atoms with Gasteiger partial charge in [-0.25, -0.2) is 0 Å². The van der Waals surface area contributed by atoms with Crippen molar-refractivity contribution in [1.82, 2.24) is 4.90 Å². The zero-order chi connectivity index (χ0) is 11.6. The van der Waals surface area contributed by atoms with Gasteiger partial charge in [0, 0.05) is 18.1 Å². The summed E-state index contributed by atoms with van der Waals surface area (Å²) in [5.74, 6) is 0. The first-order chi connectivity index (χ1) is 6.88. The molecule has 3 heteroatoms. The van der Waals surface area contributed by atoms with Crippen LogP contribution in [0.25, 0.3) is 0 Å². The van der Waals surface area contributed by atoms with Crippen LogP contribution in [-0.2, 0) is 0 Å². The van der Waals surface area contributed by atoms with Crippen LogP contribution < -0.4 is 5.73 Å². The number of nitrogens with two attached hydrogens (primary N) is 1. The van der Waals surface area contributed by atoms with Gasteiger partial charge in [-0.15, -0.1) is 0 Å². The fraction of sp³-hybridized carbons (Fsp3) is 1.00. The highest BCUT2D eigenvalue weighted by Crippen LogP contribution is 2.31. The topological polar surface area (TPSA) is 49.5 Å². The Kier molecular flexibility index (Phi) is 4.15. The third-order valence-electron chi connectivity index (χ3n) is 3.38. The van der Waals surface area contributed by atoms with E-state index in [1.54, 1.807) is 0 Å². The molecule has 0 spiro atoms. The summed E-state index contributed by atoms with van der Waals surface area (Å²) in [6.07, 6.45) is 2.29. The monoisotopic (exact) mass is 214 g/mol. The maximum atomic E-state index is 9.35. The van der Waals surface area contributed by atoms with Crippen molar-refractivity contribution in [3.8, 4) is 0 Å². The lowest BCUT2D eigenvalue weighted by Gasteiger charge is -2.43. The molecular formula is C12H26N2O. The highest BCUT2D eigenvalue weighted by molar-refractivity contribution is 4.94. The van der Waals surface area contributed by atoms with E-state index < -0.39 is 0 Å². The van der Waals surface area contributed by atoms with Crippen LogP contribution in [0.2, 0.25) is 0 Å². The summed E-state index contributed by atoms with van der Waals surface area (Å²) in [5.41, 5.74) is 6.27. The Bertz CT molecular complexity index is 198. The van der Waals surface area contributed by atoms with Crippen molar-refractivity contribution in [2.24, 2.45) is 11.1 Å².